The van der Waals surface area contributed by atoms with E-state index in [1.54, 1.807) is 6.07 Å². The van der Waals surface area contributed by atoms with Gasteiger partial charge in [0.2, 0.25) is 0 Å². The van der Waals surface area contributed by atoms with Gasteiger partial charge in [0.05, 0.1) is 22.4 Å². The smallest absolute Gasteiger partial charge is 0.338 e. The second kappa shape index (κ2) is 8.29. The molecule has 0 atom stereocenters. The number of fused-ring (bicyclic) bond motifs is 1. The van der Waals surface area contributed by atoms with Crippen molar-refractivity contribution < 1.29 is 23.9 Å². The van der Waals surface area contributed by atoms with Crippen LogP contribution < -0.4 is 10.2 Å². The molecule has 0 radical (unpaired) electrons. The molecule has 4 aliphatic carbocycles. The number of anilines is 1. The summed E-state index contributed by atoms with van der Waals surface area (Å²) < 4.78 is 5.31. The number of rotatable bonds is 5. The molecule has 3 amide bonds. The number of amides is 3. The summed E-state index contributed by atoms with van der Waals surface area (Å²) >= 11 is 0. The summed E-state index contributed by atoms with van der Waals surface area (Å²) in [6, 6.07) is 9.92. The Morgan fingerprint density at radius 1 is 0.917 bits per heavy atom. The molecule has 7 nitrogen and oxygen atoms in total. The molecular formula is C29H30N2O5. The largest absolute Gasteiger partial charge is 0.452 e. The second-order valence-electron chi connectivity index (χ2n) is 11.3. The zero-order chi connectivity index (χ0) is 25.2. The molecule has 7 rings (SSSR count). The lowest BCUT2D eigenvalue weighted by atomic mass is 9.53. The van der Waals surface area contributed by atoms with Gasteiger partial charge in [-0.1, -0.05) is 12.1 Å². The van der Waals surface area contributed by atoms with E-state index < -0.39 is 17.8 Å². The molecule has 0 unspecified atom stereocenters. The quantitative estimate of drug-likeness (QED) is 0.501. The number of hydrogen-bond donors (Lipinski definition) is 1. The average Bonchev–Trinajstić information content (AvgIpc) is 3.07. The number of carbonyl (C=O) groups excluding carboxylic acids is 4. The van der Waals surface area contributed by atoms with Crippen LogP contribution >= 0.6 is 0 Å². The van der Waals surface area contributed by atoms with Crippen molar-refractivity contribution in [2.45, 2.75) is 57.9 Å². The van der Waals surface area contributed by atoms with Gasteiger partial charge in [-0.25, -0.2) is 9.69 Å². The molecule has 4 bridgehead atoms. The number of esters is 1. The molecule has 2 aromatic carbocycles. The van der Waals surface area contributed by atoms with Crippen LogP contribution in [0.4, 0.5) is 5.69 Å². The Bertz CT molecular complexity index is 1280. The Labute approximate surface area is 210 Å². The number of nitrogens with one attached hydrogen (secondary N) is 1. The monoisotopic (exact) mass is 486 g/mol. The van der Waals surface area contributed by atoms with Gasteiger partial charge in [-0.15, -0.1) is 0 Å². The van der Waals surface area contributed by atoms with Gasteiger partial charge in [0.15, 0.2) is 6.61 Å². The number of ether oxygens (including phenoxy) is 1. The van der Waals surface area contributed by atoms with Crippen molar-refractivity contribution in [1.29, 1.82) is 0 Å². The van der Waals surface area contributed by atoms with Gasteiger partial charge in [0, 0.05) is 5.54 Å². The third-order valence-electron chi connectivity index (χ3n) is 8.50. The highest BCUT2D eigenvalue weighted by molar-refractivity contribution is 6.35. The first-order chi connectivity index (χ1) is 17.2. The van der Waals surface area contributed by atoms with Crippen molar-refractivity contribution in [2.75, 3.05) is 11.5 Å². The van der Waals surface area contributed by atoms with Crippen LogP contribution in [0, 0.1) is 31.6 Å². The first kappa shape index (κ1) is 23.0. The number of nitrogens with zero attached hydrogens (tertiary/aromatic N) is 1. The Morgan fingerprint density at radius 2 is 1.56 bits per heavy atom. The van der Waals surface area contributed by atoms with Gasteiger partial charge < -0.3 is 10.1 Å². The fourth-order valence-corrected chi connectivity index (χ4v) is 7.36. The molecule has 2 aromatic rings. The molecule has 0 aromatic heterocycles. The molecule has 5 aliphatic rings. The summed E-state index contributed by atoms with van der Waals surface area (Å²) in [5.74, 6) is 0.246. The number of carbonyl (C=O) groups is 4. The maximum absolute atomic E-state index is 13.2. The normalized spacial score (nSPS) is 27.8. The van der Waals surface area contributed by atoms with Gasteiger partial charge in [-0.3, -0.25) is 14.4 Å². The van der Waals surface area contributed by atoms with E-state index in [0.29, 0.717) is 23.4 Å². The van der Waals surface area contributed by atoms with E-state index in [0.717, 1.165) is 35.3 Å². The van der Waals surface area contributed by atoms with E-state index in [1.807, 2.05) is 26.0 Å². The molecule has 0 saturated heterocycles. The van der Waals surface area contributed by atoms with Crippen LogP contribution in [0.2, 0.25) is 0 Å². The van der Waals surface area contributed by atoms with Crippen LogP contribution in [0.3, 0.4) is 0 Å². The lowest BCUT2D eigenvalue weighted by Crippen LogP contribution is -2.60. The minimum atomic E-state index is -0.691. The van der Waals surface area contributed by atoms with Crippen molar-refractivity contribution in [1.82, 2.24) is 5.32 Å². The van der Waals surface area contributed by atoms with Crippen molar-refractivity contribution in [3.8, 4) is 0 Å². The standard InChI is InChI=1S/C29H30N2O5/c1-16-3-4-17(2)24(7-16)31-26(33)22-6-5-21(11-23(22)27(31)34)28(35)36-15-25(32)30-29-12-18-8-19(13-29)10-20(9-18)14-29/h3-7,11,18-20H,8-10,12-15H2,1-2H3,(H,30,32). The average molecular weight is 487 g/mol. The minimum absolute atomic E-state index is 0.139. The van der Waals surface area contributed by atoms with Crippen LogP contribution in [0.15, 0.2) is 36.4 Å². The second-order valence-corrected chi connectivity index (χ2v) is 11.3. The molecule has 186 valence electrons. The van der Waals surface area contributed by atoms with Crippen LogP contribution in [-0.4, -0.2) is 35.8 Å². The summed E-state index contributed by atoms with van der Waals surface area (Å²) in [4.78, 5) is 52.8. The number of benzene rings is 2. The number of imide groups is 1. The fraction of sp³-hybridized carbons (Fsp3) is 0.448. The zero-order valence-corrected chi connectivity index (χ0v) is 20.6. The summed E-state index contributed by atoms with van der Waals surface area (Å²) in [5, 5.41) is 3.20. The summed E-state index contributed by atoms with van der Waals surface area (Å²) in [6.45, 7) is 3.38. The summed E-state index contributed by atoms with van der Waals surface area (Å²) in [7, 11) is 0. The third kappa shape index (κ3) is 3.81. The molecule has 36 heavy (non-hydrogen) atoms. The molecule has 4 fully saturated rings. The van der Waals surface area contributed by atoms with Crippen molar-refractivity contribution in [3.05, 3.63) is 64.2 Å². The van der Waals surface area contributed by atoms with E-state index >= 15 is 0 Å². The van der Waals surface area contributed by atoms with Crippen LogP contribution in [0.1, 0.15) is 80.7 Å². The molecule has 4 saturated carbocycles. The topological polar surface area (TPSA) is 92.8 Å². The number of aryl methyl sites for hydroxylation is 2. The lowest BCUT2D eigenvalue weighted by molar-refractivity contribution is -0.130. The van der Waals surface area contributed by atoms with E-state index in [9.17, 15) is 19.2 Å². The highest BCUT2D eigenvalue weighted by Gasteiger charge is 2.51. The highest BCUT2D eigenvalue weighted by Crippen LogP contribution is 2.55. The molecule has 7 heteroatoms. The third-order valence-corrected chi connectivity index (χ3v) is 8.50. The predicted octanol–water partition coefficient (Wildman–Crippen LogP) is 4.35. The Hall–Kier alpha value is -3.48. The van der Waals surface area contributed by atoms with Crippen molar-refractivity contribution in [2.24, 2.45) is 17.8 Å². The Balaban J connectivity index is 1.13. The van der Waals surface area contributed by atoms with Crippen molar-refractivity contribution >= 4 is 29.4 Å². The predicted molar refractivity (Wildman–Crippen MR) is 133 cm³/mol. The van der Waals surface area contributed by atoms with E-state index in [4.69, 9.17) is 4.74 Å². The lowest BCUT2D eigenvalue weighted by Gasteiger charge is -2.56. The Kier molecular flexibility index (Phi) is 5.28. The molecular weight excluding hydrogens is 456 g/mol. The fourth-order valence-electron chi connectivity index (χ4n) is 7.36. The van der Waals surface area contributed by atoms with E-state index in [1.165, 1.54) is 37.5 Å². The maximum Gasteiger partial charge on any atom is 0.338 e. The summed E-state index contributed by atoms with van der Waals surface area (Å²) in [6.07, 6.45) is 6.92. The number of hydrogen-bond acceptors (Lipinski definition) is 5. The van der Waals surface area contributed by atoms with Crippen LogP contribution in [-0.2, 0) is 9.53 Å². The SMILES string of the molecule is Cc1ccc(C)c(N2C(=O)c3ccc(C(=O)OCC(=O)NC45CC6CC(CC(C6)C4)C5)cc3C2=O)c1. The zero-order valence-electron chi connectivity index (χ0n) is 20.6. The van der Waals surface area contributed by atoms with Crippen LogP contribution in [0.25, 0.3) is 0 Å². The van der Waals surface area contributed by atoms with E-state index in [-0.39, 0.29) is 34.7 Å². The summed E-state index contributed by atoms with van der Waals surface area (Å²) in [5.41, 5.74) is 2.68. The first-order valence-electron chi connectivity index (χ1n) is 12.8. The Morgan fingerprint density at radius 3 is 2.22 bits per heavy atom. The minimum Gasteiger partial charge on any atom is -0.452 e. The maximum atomic E-state index is 13.2. The highest BCUT2D eigenvalue weighted by atomic mass is 16.5. The van der Waals surface area contributed by atoms with E-state index in [2.05, 4.69) is 5.32 Å². The molecule has 1 heterocycles. The van der Waals surface area contributed by atoms with Gasteiger partial charge in [0.25, 0.3) is 17.7 Å². The van der Waals surface area contributed by atoms with Gasteiger partial charge in [0.1, 0.15) is 0 Å². The van der Waals surface area contributed by atoms with Gasteiger partial charge in [-0.05, 0) is 106 Å². The van der Waals surface area contributed by atoms with Gasteiger partial charge >= 0.3 is 5.97 Å². The first-order valence-corrected chi connectivity index (χ1v) is 12.8. The molecule has 1 N–H and O–H groups in total. The molecule has 1 aliphatic heterocycles. The van der Waals surface area contributed by atoms with Crippen molar-refractivity contribution in [3.63, 3.8) is 0 Å². The van der Waals surface area contributed by atoms with Crippen LogP contribution in [0.5, 0.6) is 0 Å². The van der Waals surface area contributed by atoms with Gasteiger partial charge in [-0.2, -0.15) is 0 Å². The molecule has 0 spiro atoms.